The summed E-state index contributed by atoms with van der Waals surface area (Å²) in [7, 11) is 0. The molecular weight excluding hydrogens is 192 g/mol. The number of hydrogen-bond acceptors (Lipinski definition) is 3. The van der Waals surface area contributed by atoms with Gasteiger partial charge in [0.15, 0.2) is 12.9 Å². The molecule has 1 heterocycles. The third kappa shape index (κ3) is 2.76. The van der Waals surface area contributed by atoms with Crippen LogP contribution in [-0.2, 0) is 0 Å². The Morgan fingerprint density at radius 3 is 3.07 bits per heavy atom. The van der Waals surface area contributed by atoms with Crippen LogP contribution in [0.5, 0.6) is 5.88 Å². The van der Waals surface area contributed by atoms with Gasteiger partial charge in [-0.3, -0.25) is 4.79 Å². The molecule has 0 aromatic carbocycles. The van der Waals surface area contributed by atoms with Crippen molar-refractivity contribution in [2.24, 2.45) is 0 Å². The van der Waals surface area contributed by atoms with E-state index in [9.17, 15) is 13.6 Å². The van der Waals surface area contributed by atoms with Crippen molar-refractivity contribution in [1.29, 1.82) is 0 Å². The Labute approximate surface area is 83.9 Å². The first-order valence-electron chi connectivity index (χ1n) is 5.22. The highest BCUT2D eigenvalue weighted by atomic mass is 19.3. The molecule has 0 N–H and O–H groups in total. The van der Waals surface area contributed by atoms with Crippen LogP contribution in [0, 0.1) is 6.85 Å². The molecule has 0 atom stereocenters. The average molecular weight is 204 g/mol. The fourth-order valence-corrected chi connectivity index (χ4v) is 0.776. The minimum Gasteiger partial charge on any atom is -0.472 e. The fraction of sp³-hybridized carbons (Fsp3) is 0.333. The Bertz CT molecular complexity index is 410. The first kappa shape index (κ1) is 6.86. The zero-order valence-electron chi connectivity index (χ0n) is 10.0. The second-order valence-corrected chi connectivity index (χ2v) is 2.41. The van der Waals surface area contributed by atoms with E-state index in [1.54, 1.807) is 0 Å². The van der Waals surface area contributed by atoms with Crippen LogP contribution in [0.1, 0.15) is 20.2 Å². The van der Waals surface area contributed by atoms with Gasteiger partial charge < -0.3 is 4.74 Å². The third-order valence-electron chi connectivity index (χ3n) is 1.39. The Balaban J connectivity index is 3.01. The highest BCUT2D eigenvalue weighted by Gasteiger charge is 2.05. The number of aromatic nitrogens is 1. The number of carbonyl (C=O) groups excluding carboxylic acids is 1. The van der Waals surface area contributed by atoms with Crippen molar-refractivity contribution in [1.82, 2.24) is 4.98 Å². The van der Waals surface area contributed by atoms with Gasteiger partial charge >= 0.3 is 0 Å². The van der Waals surface area contributed by atoms with Crippen molar-refractivity contribution < 1.29 is 22.4 Å². The second kappa shape index (κ2) is 4.64. The van der Waals surface area contributed by atoms with Crippen LogP contribution >= 0.6 is 0 Å². The lowest BCUT2D eigenvalue weighted by atomic mass is 10.2. The highest BCUT2D eigenvalue weighted by Crippen LogP contribution is 2.11. The van der Waals surface area contributed by atoms with Crippen molar-refractivity contribution in [2.75, 3.05) is 6.61 Å². The molecule has 0 aliphatic heterocycles. The van der Waals surface area contributed by atoms with Gasteiger partial charge in [-0.25, -0.2) is 13.8 Å². The van der Waals surface area contributed by atoms with Crippen LogP contribution in [0.15, 0.2) is 12.1 Å². The van der Waals surface area contributed by atoms with E-state index in [4.69, 9.17) is 4.11 Å². The number of alkyl halides is 2. The number of carbonyl (C=O) groups is 1. The van der Waals surface area contributed by atoms with Crippen molar-refractivity contribution in [3.63, 3.8) is 0 Å². The summed E-state index contributed by atoms with van der Waals surface area (Å²) in [5.41, 5.74) is -0.575. The van der Waals surface area contributed by atoms with Crippen LogP contribution in [-0.4, -0.2) is 24.3 Å². The zero-order valence-corrected chi connectivity index (χ0v) is 7.04. The molecule has 0 amide bonds. The van der Waals surface area contributed by atoms with E-state index in [0.717, 1.165) is 0 Å². The molecule has 0 fully saturated rings. The molecule has 0 radical (unpaired) electrons. The molecule has 1 aromatic heterocycles. The van der Waals surface area contributed by atoms with Crippen LogP contribution in [0.4, 0.5) is 8.78 Å². The van der Waals surface area contributed by atoms with E-state index < -0.39 is 25.6 Å². The van der Waals surface area contributed by atoms with Gasteiger partial charge in [0.05, 0.1) is 5.69 Å². The number of ether oxygens (including phenoxy) is 1. The molecule has 0 aliphatic rings. The van der Waals surface area contributed by atoms with E-state index in [1.165, 1.54) is 12.1 Å². The number of aryl methyl sites for hydroxylation is 1. The standard InChI is InChI=1S/C9H9F2NO2/c1-6-7(4-13)2-3-9(12-6)14-5-8(10)11/h2-4,8H,5H2,1H3/i1D3. The van der Waals surface area contributed by atoms with Crippen LogP contribution in [0.3, 0.4) is 0 Å². The molecule has 14 heavy (non-hydrogen) atoms. The Hall–Kier alpha value is -1.52. The lowest BCUT2D eigenvalue weighted by Crippen LogP contribution is -2.08. The van der Waals surface area contributed by atoms with E-state index in [0.29, 0.717) is 6.29 Å². The van der Waals surface area contributed by atoms with E-state index in [2.05, 4.69) is 9.72 Å². The largest absolute Gasteiger partial charge is 0.472 e. The molecule has 1 rings (SSSR count). The number of aldehydes is 1. The van der Waals surface area contributed by atoms with Gasteiger partial charge in [-0.2, -0.15) is 0 Å². The van der Waals surface area contributed by atoms with Crippen molar-refractivity contribution >= 4 is 6.29 Å². The smallest absolute Gasteiger partial charge is 0.272 e. The second-order valence-electron chi connectivity index (χ2n) is 2.41. The van der Waals surface area contributed by atoms with E-state index in [1.807, 2.05) is 0 Å². The number of halogens is 2. The summed E-state index contributed by atoms with van der Waals surface area (Å²) in [6.07, 6.45) is -2.34. The number of nitrogens with zero attached hydrogens (tertiary/aromatic N) is 1. The Morgan fingerprint density at radius 2 is 2.50 bits per heavy atom. The lowest BCUT2D eigenvalue weighted by Gasteiger charge is -2.05. The summed E-state index contributed by atoms with van der Waals surface area (Å²) in [6.45, 7) is -3.48. The number of hydrogen-bond donors (Lipinski definition) is 0. The van der Waals surface area contributed by atoms with E-state index in [-0.39, 0.29) is 11.4 Å². The maximum atomic E-state index is 11.9. The molecule has 76 valence electrons. The molecule has 1 aromatic rings. The summed E-state index contributed by atoms with van der Waals surface area (Å²) in [5, 5.41) is 0. The number of pyridine rings is 1. The summed E-state index contributed by atoms with van der Waals surface area (Å²) in [6, 6.07) is 2.34. The normalized spacial score (nSPS) is 14.4. The summed E-state index contributed by atoms with van der Waals surface area (Å²) >= 11 is 0. The predicted octanol–water partition coefficient (Wildman–Crippen LogP) is 1.85. The van der Waals surface area contributed by atoms with Crippen molar-refractivity contribution in [2.45, 2.75) is 13.3 Å². The molecule has 0 aliphatic carbocycles. The van der Waals surface area contributed by atoms with Gasteiger partial charge in [0.25, 0.3) is 6.43 Å². The Morgan fingerprint density at radius 1 is 1.71 bits per heavy atom. The molecule has 0 spiro atoms. The van der Waals surface area contributed by atoms with Gasteiger partial charge in [0.1, 0.15) is 0 Å². The fourth-order valence-electron chi connectivity index (χ4n) is 0.776. The SMILES string of the molecule is [2H]C([2H])([2H])c1nc(OCC(F)F)ccc1C=O. The summed E-state index contributed by atoms with van der Waals surface area (Å²) < 4.78 is 49.8. The minimum absolute atomic E-state index is 0.116. The lowest BCUT2D eigenvalue weighted by molar-refractivity contribution is 0.0794. The Kier molecular flexibility index (Phi) is 2.28. The molecular formula is C9H9F2NO2. The third-order valence-corrected chi connectivity index (χ3v) is 1.39. The number of rotatable bonds is 4. The molecule has 0 unspecified atom stereocenters. The predicted molar refractivity (Wildman–Crippen MR) is 45.9 cm³/mol. The van der Waals surface area contributed by atoms with Gasteiger partial charge in [-0.15, -0.1) is 0 Å². The molecule has 5 heteroatoms. The zero-order chi connectivity index (χ0) is 13.1. The first-order valence-corrected chi connectivity index (χ1v) is 3.72. The van der Waals surface area contributed by atoms with Crippen molar-refractivity contribution in [3.8, 4) is 5.88 Å². The van der Waals surface area contributed by atoms with Crippen LogP contribution in [0.2, 0.25) is 0 Å². The molecule has 0 bridgehead atoms. The van der Waals surface area contributed by atoms with Crippen LogP contribution in [0.25, 0.3) is 0 Å². The summed E-state index contributed by atoms with van der Waals surface area (Å²) in [4.78, 5) is 14.1. The van der Waals surface area contributed by atoms with E-state index >= 15 is 0 Å². The van der Waals surface area contributed by atoms with Gasteiger partial charge in [0, 0.05) is 15.7 Å². The van der Waals surface area contributed by atoms with Gasteiger partial charge in [0.2, 0.25) is 5.88 Å². The van der Waals surface area contributed by atoms with Gasteiger partial charge in [-0.1, -0.05) is 0 Å². The van der Waals surface area contributed by atoms with Crippen molar-refractivity contribution in [3.05, 3.63) is 23.4 Å². The van der Waals surface area contributed by atoms with Gasteiger partial charge in [-0.05, 0) is 12.9 Å². The quantitative estimate of drug-likeness (QED) is 0.702. The maximum Gasteiger partial charge on any atom is 0.272 e. The molecule has 3 nitrogen and oxygen atoms in total. The average Bonchev–Trinajstić information content (AvgIpc) is 2.24. The topological polar surface area (TPSA) is 39.2 Å². The molecule has 0 saturated heterocycles. The maximum absolute atomic E-state index is 11.9. The first-order chi connectivity index (χ1) is 7.84. The minimum atomic E-state index is -2.68. The monoisotopic (exact) mass is 204 g/mol. The van der Waals surface area contributed by atoms with Crippen LogP contribution < -0.4 is 4.74 Å². The molecule has 0 saturated carbocycles. The highest BCUT2D eigenvalue weighted by molar-refractivity contribution is 5.76. The summed E-state index contributed by atoms with van der Waals surface area (Å²) in [5.74, 6) is -0.248.